The van der Waals surface area contributed by atoms with Crippen LogP contribution < -0.4 is 5.73 Å². The topological polar surface area (TPSA) is 63.3 Å². The lowest BCUT2D eigenvalue weighted by Crippen LogP contribution is -2.47. The third-order valence-corrected chi connectivity index (χ3v) is 2.91. The Balaban J connectivity index is 3.54. The summed E-state index contributed by atoms with van der Waals surface area (Å²) in [5.41, 5.74) is 4.45. The average molecular weight is 191 g/mol. The molecule has 0 saturated heterocycles. The summed E-state index contributed by atoms with van der Waals surface area (Å²) < 4.78 is 0. The quantitative estimate of drug-likeness (QED) is 0.622. The minimum atomic E-state index is -1.07. The van der Waals surface area contributed by atoms with Crippen LogP contribution in [-0.2, 0) is 4.79 Å². The van der Waals surface area contributed by atoms with Crippen LogP contribution in [0.1, 0.15) is 26.7 Å². The second-order valence-corrected chi connectivity index (χ2v) is 4.23. The maximum absolute atomic E-state index is 10.5. The van der Waals surface area contributed by atoms with Crippen LogP contribution in [0.25, 0.3) is 0 Å². The first kappa shape index (κ1) is 11.8. The molecule has 0 saturated carbocycles. The molecule has 0 aliphatic carbocycles. The number of nitrogens with two attached hydrogens (primary N) is 1. The lowest BCUT2D eigenvalue weighted by molar-refractivity contribution is -0.141. The largest absolute Gasteiger partial charge is 0.480 e. The van der Waals surface area contributed by atoms with E-state index in [1.165, 1.54) is 0 Å². The molecule has 0 bridgehead atoms. The average Bonchev–Trinajstić information content (AvgIpc) is 1.98. The molecule has 12 heavy (non-hydrogen) atoms. The fraction of sp³-hybridized carbons (Fsp3) is 0.875. The zero-order valence-corrected chi connectivity index (χ0v) is 8.49. The molecule has 3 nitrogen and oxygen atoms in total. The second kappa shape index (κ2) is 5.43. The highest BCUT2D eigenvalue weighted by atomic mass is 32.2. The zero-order chi connectivity index (χ0) is 9.61. The first-order valence-electron chi connectivity index (χ1n) is 4.10. The van der Waals surface area contributed by atoms with E-state index in [1.807, 2.05) is 0 Å². The van der Waals surface area contributed by atoms with Gasteiger partial charge in [0.05, 0.1) is 0 Å². The van der Waals surface area contributed by atoms with Crippen molar-refractivity contribution in [3.05, 3.63) is 0 Å². The molecule has 72 valence electrons. The van der Waals surface area contributed by atoms with Gasteiger partial charge in [-0.3, -0.25) is 4.79 Å². The van der Waals surface area contributed by atoms with E-state index in [2.05, 4.69) is 6.92 Å². The van der Waals surface area contributed by atoms with Crippen LogP contribution in [0.2, 0.25) is 0 Å². The first-order valence-corrected chi connectivity index (χ1v) is 5.26. The molecule has 0 radical (unpaired) electrons. The SMILES string of the molecule is CCCCSCC(C)(N)C(=O)O. The number of hydrogen-bond acceptors (Lipinski definition) is 3. The fourth-order valence-corrected chi connectivity index (χ4v) is 1.78. The van der Waals surface area contributed by atoms with Crippen molar-refractivity contribution in [1.82, 2.24) is 0 Å². The molecular formula is C8H17NO2S. The molecule has 0 amide bonds. The summed E-state index contributed by atoms with van der Waals surface area (Å²) in [5, 5.41) is 8.66. The van der Waals surface area contributed by atoms with Crippen LogP contribution in [-0.4, -0.2) is 28.1 Å². The smallest absolute Gasteiger partial charge is 0.324 e. The van der Waals surface area contributed by atoms with Crippen molar-refractivity contribution in [2.45, 2.75) is 32.2 Å². The predicted molar refractivity (Wildman–Crippen MR) is 52.5 cm³/mol. The highest BCUT2D eigenvalue weighted by Crippen LogP contribution is 2.12. The molecule has 4 heteroatoms. The van der Waals surface area contributed by atoms with Crippen molar-refractivity contribution >= 4 is 17.7 Å². The number of carboxylic acid groups (broad SMARTS) is 1. The Morgan fingerprint density at radius 3 is 2.67 bits per heavy atom. The number of unbranched alkanes of at least 4 members (excludes halogenated alkanes) is 1. The van der Waals surface area contributed by atoms with Crippen molar-refractivity contribution in [3.8, 4) is 0 Å². The first-order chi connectivity index (χ1) is 5.50. The van der Waals surface area contributed by atoms with E-state index >= 15 is 0 Å². The van der Waals surface area contributed by atoms with Gasteiger partial charge in [-0.1, -0.05) is 13.3 Å². The fourth-order valence-electron chi connectivity index (χ4n) is 0.592. The summed E-state index contributed by atoms with van der Waals surface area (Å²) in [5.74, 6) is 0.560. The van der Waals surface area contributed by atoms with Crippen LogP contribution in [0.15, 0.2) is 0 Å². The lowest BCUT2D eigenvalue weighted by atomic mass is 10.1. The van der Waals surface area contributed by atoms with Crippen LogP contribution in [0, 0.1) is 0 Å². The van der Waals surface area contributed by atoms with Gasteiger partial charge in [0.2, 0.25) is 0 Å². The standard InChI is InChI=1S/C8H17NO2S/c1-3-4-5-12-6-8(2,9)7(10)11/h3-6,9H2,1-2H3,(H,10,11). The predicted octanol–water partition coefficient (Wildman–Crippen LogP) is 1.32. The molecule has 0 aliphatic rings. The third-order valence-electron chi connectivity index (χ3n) is 1.53. The van der Waals surface area contributed by atoms with Gasteiger partial charge in [-0.2, -0.15) is 11.8 Å². The molecule has 0 fully saturated rings. The summed E-state index contributed by atoms with van der Waals surface area (Å²) in [7, 11) is 0. The highest BCUT2D eigenvalue weighted by Gasteiger charge is 2.27. The maximum Gasteiger partial charge on any atom is 0.324 e. The molecule has 3 N–H and O–H groups in total. The van der Waals surface area contributed by atoms with Crippen LogP contribution >= 0.6 is 11.8 Å². The monoisotopic (exact) mass is 191 g/mol. The molecule has 0 aliphatic heterocycles. The van der Waals surface area contributed by atoms with Gasteiger partial charge in [0.15, 0.2) is 0 Å². The minimum absolute atomic E-state index is 0.488. The van der Waals surface area contributed by atoms with Crippen molar-refractivity contribution in [1.29, 1.82) is 0 Å². The van der Waals surface area contributed by atoms with E-state index in [0.717, 1.165) is 18.6 Å². The summed E-state index contributed by atoms with van der Waals surface area (Å²) in [6, 6.07) is 0. The van der Waals surface area contributed by atoms with Gasteiger partial charge in [-0.15, -0.1) is 0 Å². The molecule has 1 atom stereocenters. The number of aliphatic carboxylic acids is 1. The summed E-state index contributed by atoms with van der Waals surface area (Å²) in [6.07, 6.45) is 2.27. The maximum atomic E-state index is 10.5. The summed E-state index contributed by atoms with van der Waals surface area (Å²) >= 11 is 1.61. The molecule has 1 unspecified atom stereocenters. The van der Waals surface area contributed by atoms with E-state index in [-0.39, 0.29) is 0 Å². The second-order valence-electron chi connectivity index (χ2n) is 3.13. The molecule has 0 spiro atoms. The van der Waals surface area contributed by atoms with Gasteiger partial charge in [0.1, 0.15) is 5.54 Å². The molecule has 0 aromatic rings. The van der Waals surface area contributed by atoms with Gasteiger partial charge in [0, 0.05) is 5.75 Å². The Morgan fingerprint density at radius 2 is 2.25 bits per heavy atom. The minimum Gasteiger partial charge on any atom is -0.480 e. The van der Waals surface area contributed by atoms with E-state index in [0.29, 0.717) is 5.75 Å². The van der Waals surface area contributed by atoms with Gasteiger partial charge in [-0.05, 0) is 19.1 Å². The Morgan fingerprint density at radius 1 is 1.67 bits per heavy atom. The van der Waals surface area contributed by atoms with E-state index in [4.69, 9.17) is 10.8 Å². The Kier molecular flexibility index (Phi) is 5.33. The molecular weight excluding hydrogens is 174 g/mol. The van der Waals surface area contributed by atoms with Gasteiger partial charge >= 0.3 is 5.97 Å². The van der Waals surface area contributed by atoms with Crippen molar-refractivity contribution in [2.24, 2.45) is 5.73 Å². The summed E-state index contributed by atoms with van der Waals surface area (Å²) in [6.45, 7) is 3.66. The molecule has 0 aromatic carbocycles. The lowest BCUT2D eigenvalue weighted by Gasteiger charge is -2.17. The number of thioether (sulfide) groups is 1. The number of rotatable bonds is 6. The highest BCUT2D eigenvalue weighted by molar-refractivity contribution is 7.99. The van der Waals surface area contributed by atoms with Crippen molar-refractivity contribution < 1.29 is 9.90 Å². The zero-order valence-electron chi connectivity index (χ0n) is 7.67. The number of carbonyl (C=O) groups is 1. The Labute approximate surface area is 77.7 Å². The van der Waals surface area contributed by atoms with Gasteiger partial charge in [-0.25, -0.2) is 0 Å². The van der Waals surface area contributed by atoms with Crippen LogP contribution in [0.4, 0.5) is 0 Å². The van der Waals surface area contributed by atoms with Crippen molar-refractivity contribution in [3.63, 3.8) is 0 Å². The van der Waals surface area contributed by atoms with Crippen LogP contribution in [0.3, 0.4) is 0 Å². The Hall–Kier alpha value is -0.220. The third kappa shape index (κ3) is 4.62. The van der Waals surface area contributed by atoms with Crippen molar-refractivity contribution in [2.75, 3.05) is 11.5 Å². The van der Waals surface area contributed by atoms with Gasteiger partial charge < -0.3 is 10.8 Å². The molecule has 0 rings (SSSR count). The normalized spacial score (nSPS) is 15.6. The number of hydrogen-bond donors (Lipinski definition) is 2. The van der Waals surface area contributed by atoms with Gasteiger partial charge in [0.25, 0.3) is 0 Å². The summed E-state index contributed by atoms with van der Waals surface area (Å²) in [4.78, 5) is 10.5. The Bertz CT molecular complexity index is 148. The van der Waals surface area contributed by atoms with E-state index in [1.54, 1.807) is 18.7 Å². The molecule has 0 aromatic heterocycles. The van der Waals surface area contributed by atoms with Crippen LogP contribution in [0.5, 0.6) is 0 Å². The van der Waals surface area contributed by atoms with E-state index in [9.17, 15) is 4.79 Å². The van der Waals surface area contributed by atoms with E-state index < -0.39 is 11.5 Å². The number of carboxylic acids is 1. The molecule has 0 heterocycles.